The highest BCUT2D eigenvalue weighted by molar-refractivity contribution is 14.0. The third-order valence-electron chi connectivity index (χ3n) is 4.46. The number of hydrogen-bond acceptors (Lipinski definition) is 2. The summed E-state index contributed by atoms with van der Waals surface area (Å²) in [4.78, 5) is 18.0. The van der Waals surface area contributed by atoms with Crippen LogP contribution in [0.5, 0.6) is 0 Å². The van der Waals surface area contributed by atoms with Gasteiger partial charge in [0.1, 0.15) is 0 Å². The predicted octanol–water partition coefficient (Wildman–Crippen LogP) is 3.48. The number of benzene rings is 2. The number of nitrogens with one attached hydrogen (secondary N) is 2. The van der Waals surface area contributed by atoms with E-state index in [4.69, 9.17) is 0 Å². The quantitative estimate of drug-likeness (QED) is 0.352. The first-order valence-corrected chi connectivity index (χ1v) is 9.37. The van der Waals surface area contributed by atoms with Crippen molar-refractivity contribution in [2.24, 2.45) is 4.99 Å². The van der Waals surface area contributed by atoms with Crippen molar-refractivity contribution < 1.29 is 4.79 Å². The summed E-state index contributed by atoms with van der Waals surface area (Å²) in [5.41, 5.74) is 4.49. The minimum absolute atomic E-state index is 0. The number of halogens is 1. The summed E-state index contributed by atoms with van der Waals surface area (Å²) in [5.74, 6) is 0.804. The minimum atomic E-state index is 0. The Morgan fingerprint density at radius 1 is 1.04 bits per heavy atom. The number of aryl methyl sites for hydroxylation is 1. The lowest BCUT2D eigenvalue weighted by Gasteiger charge is -2.14. The third kappa shape index (κ3) is 7.14. The van der Waals surface area contributed by atoms with Crippen molar-refractivity contribution in [2.75, 3.05) is 27.7 Å². The summed E-state index contributed by atoms with van der Waals surface area (Å²) in [5, 5.41) is 6.71. The molecule has 0 saturated heterocycles. The molecule has 2 aromatic carbocycles. The maximum atomic E-state index is 12.1. The van der Waals surface area contributed by atoms with Crippen LogP contribution in [0.15, 0.2) is 53.5 Å². The van der Waals surface area contributed by atoms with Crippen LogP contribution in [0.2, 0.25) is 0 Å². The van der Waals surface area contributed by atoms with Crippen molar-refractivity contribution >= 4 is 35.8 Å². The minimum Gasteiger partial charge on any atom is -0.356 e. The van der Waals surface area contributed by atoms with Crippen LogP contribution in [0, 0.1) is 0 Å². The molecule has 0 spiro atoms. The van der Waals surface area contributed by atoms with Crippen molar-refractivity contribution in [3.05, 3.63) is 70.8 Å². The van der Waals surface area contributed by atoms with Crippen LogP contribution in [0.3, 0.4) is 0 Å². The fourth-order valence-corrected chi connectivity index (χ4v) is 2.92. The largest absolute Gasteiger partial charge is 0.356 e. The summed E-state index contributed by atoms with van der Waals surface area (Å²) in [6.07, 6.45) is 1.84. The molecule has 2 aromatic rings. The zero-order chi connectivity index (χ0) is 19.6. The molecule has 0 radical (unpaired) electrons. The van der Waals surface area contributed by atoms with Gasteiger partial charge in [0.05, 0.1) is 0 Å². The van der Waals surface area contributed by atoms with E-state index in [0.717, 1.165) is 43.0 Å². The maximum absolute atomic E-state index is 12.1. The van der Waals surface area contributed by atoms with Crippen molar-refractivity contribution in [3.63, 3.8) is 0 Å². The van der Waals surface area contributed by atoms with Gasteiger partial charge in [0.2, 0.25) is 0 Å². The van der Waals surface area contributed by atoms with E-state index < -0.39 is 0 Å². The Bertz CT molecular complexity index is 790. The highest BCUT2D eigenvalue weighted by Crippen LogP contribution is 2.09. The number of carbonyl (C=O) groups is 1. The molecular weight excluding hydrogens is 463 g/mol. The van der Waals surface area contributed by atoms with Crippen molar-refractivity contribution in [1.82, 2.24) is 15.5 Å². The van der Waals surface area contributed by atoms with E-state index in [2.05, 4.69) is 46.8 Å². The second-order valence-corrected chi connectivity index (χ2v) is 6.62. The molecule has 0 aliphatic rings. The summed E-state index contributed by atoms with van der Waals surface area (Å²) in [7, 11) is 5.31. The number of carbonyl (C=O) groups excluding carboxylic acids is 1. The number of aliphatic imine (C=N–C) groups is 1. The summed E-state index contributed by atoms with van der Waals surface area (Å²) in [6, 6.07) is 16.2. The smallest absolute Gasteiger partial charge is 0.253 e. The molecule has 0 bridgehead atoms. The topological polar surface area (TPSA) is 56.7 Å². The standard InChI is InChI=1S/C22H30N4O.HI/c1-5-18-10-6-7-11-20(18)16-25-22(23-2)24-14-13-17-9-8-12-19(15-17)21(27)26(3)4;/h6-12,15H,5,13-14,16H2,1-4H3,(H2,23,24,25);1H. The van der Waals surface area contributed by atoms with Gasteiger partial charge in [-0.1, -0.05) is 43.3 Å². The van der Waals surface area contributed by atoms with E-state index in [0.29, 0.717) is 0 Å². The molecule has 0 aliphatic carbocycles. The van der Waals surface area contributed by atoms with Gasteiger partial charge in [-0.05, 0) is 41.7 Å². The summed E-state index contributed by atoms with van der Waals surface area (Å²) in [6.45, 7) is 3.66. The number of hydrogen-bond donors (Lipinski definition) is 2. The van der Waals surface area contributed by atoms with E-state index >= 15 is 0 Å². The van der Waals surface area contributed by atoms with Crippen LogP contribution in [0.1, 0.15) is 34.0 Å². The lowest BCUT2D eigenvalue weighted by molar-refractivity contribution is 0.0827. The Labute approximate surface area is 185 Å². The molecule has 0 aromatic heterocycles. The predicted molar refractivity (Wildman–Crippen MR) is 128 cm³/mol. The van der Waals surface area contributed by atoms with Crippen LogP contribution in [-0.2, 0) is 19.4 Å². The van der Waals surface area contributed by atoms with Gasteiger partial charge < -0.3 is 15.5 Å². The molecule has 2 N–H and O–H groups in total. The molecule has 0 fully saturated rings. The fourth-order valence-electron chi connectivity index (χ4n) is 2.92. The molecule has 0 unspecified atom stereocenters. The van der Waals surface area contributed by atoms with Gasteiger partial charge in [-0.2, -0.15) is 0 Å². The van der Waals surface area contributed by atoms with E-state index in [1.54, 1.807) is 26.0 Å². The lowest BCUT2D eigenvalue weighted by atomic mass is 10.1. The van der Waals surface area contributed by atoms with Gasteiger partial charge in [0.15, 0.2) is 5.96 Å². The monoisotopic (exact) mass is 494 g/mol. The van der Waals surface area contributed by atoms with Gasteiger partial charge in [-0.3, -0.25) is 9.79 Å². The molecule has 2 rings (SSSR count). The van der Waals surface area contributed by atoms with E-state index in [9.17, 15) is 4.79 Å². The number of amides is 1. The molecule has 28 heavy (non-hydrogen) atoms. The number of rotatable bonds is 7. The zero-order valence-electron chi connectivity index (χ0n) is 17.2. The number of guanidine groups is 1. The lowest BCUT2D eigenvalue weighted by Crippen LogP contribution is -2.38. The van der Waals surface area contributed by atoms with Crippen LogP contribution >= 0.6 is 24.0 Å². The zero-order valence-corrected chi connectivity index (χ0v) is 19.5. The normalized spacial score (nSPS) is 10.8. The summed E-state index contributed by atoms with van der Waals surface area (Å²) < 4.78 is 0. The molecule has 6 heteroatoms. The highest BCUT2D eigenvalue weighted by Gasteiger charge is 2.08. The van der Waals surface area contributed by atoms with Gasteiger partial charge in [0, 0.05) is 39.8 Å². The van der Waals surface area contributed by atoms with Crippen LogP contribution < -0.4 is 10.6 Å². The molecule has 0 aliphatic heterocycles. The Kier molecular flexibility index (Phi) is 10.6. The molecule has 0 heterocycles. The fraction of sp³-hybridized carbons (Fsp3) is 0.364. The molecule has 0 saturated carbocycles. The molecule has 1 amide bonds. The molecule has 5 nitrogen and oxygen atoms in total. The van der Waals surface area contributed by atoms with Crippen molar-refractivity contribution in [3.8, 4) is 0 Å². The Morgan fingerprint density at radius 3 is 2.39 bits per heavy atom. The average molecular weight is 494 g/mol. The average Bonchev–Trinajstić information content (AvgIpc) is 2.70. The van der Waals surface area contributed by atoms with Crippen molar-refractivity contribution in [2.45, 2.75) is 26.3 Å². The number of nitrogens with zero attached hydrogens (tertiary/aromatic N) is 2. The van der Waals surface area contributed by atoms with Crippen LogP contribution in [0.4, 0.5) is 0 Å². The first kappa shape index (κ1) is 23.9. The van der Waals surface area contributed by atoms with E-state index in [-0.39, 0.29) is 29.9 Å². The van der Waals surface area contributed by atoms with Crippen molar-refractivity contribution in [1.29, 1.82) is 0 Å². The SMILES string of the molecule is CCc1ccccc1CNC(=NC)NCCc1cccc(C(=O)N(C)C)c1.I. The first-order valence-electron chi connectivity index (χ1n) is 9.37. The molecule has 0 atom stereocenters. The van der Waals surface area contributed by atoms with Gasteiger partial charge in [-0.25, -0.2) is 0 Å². The van der Waals surface area contributed by atoms with E-state index in [1.165, 1.54) is 11.1 Å². The Morgan fingerprint density at radius 2 is 1.75 bits per heavy atom. The van der Waals surface area contributed by atoms with Gasteiger partial charge >= 0.3 is 0 Å². The third-order valence-corrected chi connectivity index (χ3v) is 4.46. The summed E-state index contributed by atoms with van der Waals surface area (Å²) >= 11 is 0. The Hall–Kier alpha value is -2.09. The van der Waals surface area contributed by atoms with Gasteiger partial charge in [-0.15, -0.1) is 24.0 Å². The van der Waals surface area contributed by atoms with Crippen LogP contribution in [-0.4, -0.2) is 44.5 Å². The molecule has 152 valence electrons. The van der Waals surface area contributed by atoms with Gasteiger partial charge in [0.25, 0.3) is 5.91 Å². The Balaban J connectivity index is 0.00000392. The van der Waals surface area contributed by atoms with E-state index in [1.807, 2.05) is 24.3 Å². The highest BCUT2D eigenvalue weighted by atomic mass is 127. The first-order chi connectivity index (χ1) is 13.0. The second kappa shape index (κ2) is 12.4. The van der Waals surface area contributed by atoms with Crippen LogP contribution in [0.25, 0.3) is 0 Å². The molecular formula is C22H31IN4O. The maximum Gasteiger partial charge on any atom is 0.253 e. The second-order valence-electron chi connectivity index (χ2n) is 6.62.